The smallest absolute Gasteiger partial charge is 0.311 e. The van der Waals surface area contributed by atoms with Gasteiger partial charge in [-0.05, 0) is 91.6 Å². The maximum atomic E-state index is 12.6. The second kappa shape index (κ2) is 7.53. The zero-order valence-electron chi connectivity index (χ0n) is 16.8. The molecule has 0 spiro atoms. The Kier molecular flexibility index (Phi) is 5.23. The van der Waals surface area contributed by atoms with E-state index < -0.39 is 0 Å². The van der Waals surface area contributed by atoms with Crippen molar-refractivity contribution in [2.45, 2.75) is 32.8 Å². The second-order valence-corrected chi connectivity index (χ2v) is 9.02. The van der Waals surface area contributed by atoms with Gasteiger partial charge in [-0.1, -0.05) is 12.1 Å². The lowest BCUT2D eigenvalue weighted by atomic mass is 9.74. The van der Waals surface area contributed by atoms with Crippen LogP contribution in [0.25, 0.3) is 0 Å². The van der Waals surface area contributed by atoms with Gasteiger partial charge in [0, 0.05) is 18.0 Å². The SMILES string of the molecule is Cc1cc(Oc2ccccc2Br)c(C)c2c1CC[C@H]1[C@@H](CN(C)C)C(=O)O[C@@H]21. The number of ether oxygens (including phenoxy) is 2. The predicted octanol–water partition coefficient (Wildman–Crippen LogP) is 5.20. The maximum absolute atomic E-state index is 12.6. The molecule has 5 heteroatoms. The van der Waals surface area contributed by atoms with Crippen molar-refractivity contribution in [3.63, 3.8) is 0 Å². The number of fused-ring (bicyclic) bond motifs is 3. The zero-order valence-corrected chi connectivity index (χ0v) is 18.4. The molecule has 3 atom stereocenters. The molecule has 0 saturated carbocycles. The summed E-state index contributed by atoms with van der Waals surface area (Å²) in [6.07, 6.45) is 1.81. The Hall–Kier alpha value is -1.85. The van der Waals surface area contributed by atoms with Gasteiger partial charge in [0.05, 0.1) is 10.4 Å². The summed E-state index contributed by atoms with van der Waals surface area (Å²) < 4.78 is 13.1. The standard InChI is InChI=1S/C23H26BrNO3/c1-13-11-20(27-19-8-6-5-7-18(19)24)14(2)21-15(13)9-10-16-17(12-25(3)4)23(26)28-22(16)21/h5-8,11,16-17,22H,9-10,12H2,1-4H3/t16-,17+,22+/m0/s1. The molecule has 148 valence electrons. The van der Waals surface area contributed by atoms with Crippen LogP contribution in [0.1, 0.15) is 34.8 Å². The van der Waals surface area contributed by atoms with Gasteiger partial charge in [0.25, 0.3) is 0 Å². The number of benzene rings is 2. The molecule has 4 nitrogen and oxygen atoms in total. The first-order valence-corrected chi connectivity index (χ1v) is 10.6. The van der Waals surface area contributed by atoms with E-state index in [-0.39, 0.29) is 23.9 Å². The Labute approximate surface area is 175 Å². The van der Waals surface area contributed by atoms with Crippen LogP contribution in [0.2, 0.25) is 0 Å². The number of rotatable bonds is 4. The van der Waals surface area contributed by atoms with Crippen LogP contribution in [-0.4, -0.2) is 31.5 Å². The van der Waals surface area contributed by atoms with Crippen LogP contribution in [-0.2, 0) is 16.0 Å². The van der Waals surface area contributed by atoms with E-state index >= 15 is 0 Å². The molecule has 0 amide bonds. The number of para-hydroxylation sites is 1. The summed E-state index contributed by atoms with van der Waals surface area (Å²) in [5, 5.41) is 0. The number of aryl methyl sites for hydroxylation is 1. The lowest BCUT2D eigenvalue weighted by Gasteiger charge is -2.32. The molecule has 0 unspecified atom stereocenters. The van der Waals surface area contributed by atoms with Crippen LogP contribution in [0.5, 0.6) is 11.5 Å². The highest BCUT2D eigenvalue weighted by molar-refractivity contribution is 9.10. The van der Waals surface area contributed by atoms with E-state index in [0.717, 1.165) is 46.5 Å². The minimum Gasteiger partial charge on any atom is -0.457 e. The number of nitrogens with zero attached hydrogens (tertiary/aromatic N) is 1. The van der Waals surface area contributed by atoms with E-state index in [2.05, 4.69) is 40.7 Å². The first kappa shape index (κ1) is 19.5. The van der Waals surface area contributed by atoms with Crippen molar-refractivity contribution >= 4 is 21.9 Å². The molecule has 0 radical (unpaired) electrons. The first-order chi connectivity index (χ1) is 13.4. The topological polar surface area (TPSA) is 38.8 Å². The number of hydrogen-bond donors (Lipinski definition) is 0. The highest BCUT2D eigenvalue weighted by Gasteiger charge is 2.48. The third-order valence-electron chi connectivity index (χ3n) is 6.00. The third-order valence-corrected chi connectivity index (χ3v) is 6.66. The largest absolute Gasteiger partial charge is 0.457 e. The lowest BCUT2D eigenvalue weighted by Crippen LogP contribution is -2.31. The minimum absolute atomic E-state index is 0.0549. The fourth-order valence-electron chi connectivity index (χ4n) is 4.66. The molecule has 1 aliphatic heterocycles. The van der Waals surface area contributed by atoms with E-state index in [1.807, 2.05) is 38.4 Å². The molecule has 4 rings (SSSR count). The average molecular weight is 444 g/mol. The number of carbonyl (C=O) groups excluding carboxylic acids is 1. The Bertz CT molecular complexity index is 924. The van der Waals surface area contributed by atoms with E-state index in [9.17, 15) is 4.79 Å². The van der Waals surface area contributed by atoms with Gasteiger partial charge in [-0.25, -0.2) is 0 Å². The quantitative estimate of drug-likeness (QED) is 0.608. The lowest BCUT2D eigenvalue weighted by molar-refractivity contribution is -0.144. The van der Waals surface area contributed by atoms with Crippen molar-refractivity contribution in [2.24, 2.45) is 11.8 Å². The third kappa shape index (κ3) is 3.35. The summed E-state index contributed by atoms with van der Waals surface area (Å²) in [5.41, 5.74) is 4.75. The summed E-state index contributed by atoms with van der Waals surface area (Å²) in [4.78, 5) is 14.7. The van der Waals surface area contributed by atoms with Crippen molar-refractivity contribution in [3.05, 3.63) is 57.1 Å². The molecule has 0 bridgehead atoms. The molecule has 1 fully saturated rings. The van der Waals surface area contributed by atoms with Gasteiger partial charge < -0.3 is 14.4 Å². The highest BCUT2D eigenvalue weighted by Crippen LogP contribution is 2.50. The molecular weight excluding hydrogens is 418 g/mol. The van der Waals surface area contributed by atoms with Gasteiger partial charge in [-0.3, -0.25) is 4.79 Å². The van der Waals surface area contributed by atoms with Crippen LogP contribution in [0.4, 0.5) is 0 Å². The van der Waals surface area contributed by atoms with Crippen LogP contribution < -0.4 is 4.74 Å². The van der Waals surface area contributed by atoms with Crippen molar-refractivity contribution in [2.75, 3.05) is 20.6 Å². The fraction of sp³-hybridized carbons (Fsp3) is 0.435. The molecule has 0 N–H and O–H groups in total. The summed E-state index contributed by atoms with van der Waals surface area (Å²) >= 11 is 3.56. The van der Waals surface area contributed by atoms with Gasteiger partial charge >= 0.3 is 5.97 Å². The van der Waals surface area contributed by atoms with E-state index in [0.29, 0.717) is 0 Å². The van der Waals surface area contributed by atoms with Crippen molar-refractivity contribution < 1.29 is 14.3 Å². The fourth-order valence-corrected chi connectivity index (χ4v) is 5.02. The minimum atomic E-state index is -0.164. The Morgan fingerprint density at radius 1 is 1.21 bits per heavy atom. The monoisotopic (exact) mass is 443 g/mol. The maximum Gasteiger partial charge on any atom is 0.311 e. The summed E-state index contributed by atoms with van der Waals surface area (Å²) in [5.74, 6) is 1.73. The van der Waals surface area contributed by atoms with Crippen molar-refractivity contribution in [3.8, 4) is 11.5 Å². The van der Waals surface area contributed by atoms with Gasteiger partial charge in [0.1, 0.15) is 17.6 Å². The van der Waals surface area contributed by atoms with Gasteiger partial charge in [0.15, 0.2) is 0 Å². The van der Waals surface area contributed by atoms with Gasteiger partial charge in [0.2, 0.25) is 0 Å². The molecule has 1 aliphatic carbocycles. The molecule has 2 aliphatic rings. The number of halogens is 1. The number of esters is 1. The summed E-state index contributed by atoms with van der Waals surface area (Å²) in [6, 6.07) is 9.96. The number of hydrogen-bond acceptors (Lipinski definition) is 4. The molecule has 0 aromatic heterocycles. The Morgan fingerprint density at radius 3 is 2.68 bits per heavy atom. The predicted molar refractivity (Wildman–Crippen MR) is 113 cm³/mol. The Balaban J connectivity index is 1.74. The van der Waals surface area contributed by atoms with Crippen LogP contribution in [0.15, 0.2) is 34.8 Å². The van der Waals surface area contributed by atoms with Crippen LogP contribution in [0, 0.1) is 25.7 Å². The summed E-state index contributed by atoms with van der Waals surface area (Å²) in [6.45, 7) is 4.94. The normalized spacial score (nSPS) is 23.4. The second-order valence-electron chi connectivity index (χ2n) is 8.17. The molecule has 2 aromatic carbocycles. The van der Waals surface area contributed by atoms with E-state index in [1.165, 1.54) is 11.1 Å². The molecule has 1 saturated heterocycles. The Morgan fingerprint density at radius 2 is 1.96 bits per heavy atom. The first-order valence-electron chi connectivity index (χ1n) is 9.77. The highest BCUT2D eigenvalue weighted by atomic mass is 79.9. The van der Waals surface area contributed by atoms with Crippen molar-refractivity contribution in [1.29, 1.82) is 0 Å². The molecule has 1 heterocycles. The van der Waals surface area contributed by atoms with Crippen molar-refractivity contribution in [1.82, 2.24) is 4.90 Å². The van der Waals surface area contributed by atoms with Crippen LogP contribution >= 0.6 is 15.9 Å². The van der Waals surface area contributed by atoms with Crippen LogP contribution in [0.3, 0.4) is 0 Å². The van der Waals surface area contributed by atoms with E-state index in [4.69, 9.17) is 9.47 Å². The van der Waals surface area contributed by atoms with E-state index in [1.54, 1.807) is 0 Å². The molecule has 28 heavy (non-hydrogen) atoms. The van der Waals surface area contributed by atoms with Gasteiger partial charge in [-0.2, -0.15) is 0 Å². The summed E-state index contributed by atoms with van der Waals surface area (Å²) in [7, 11) is 4.02. The number of carbonyl (C=O) groups is 1. The van der Waals surface area contributed by atoms with Gasteiger partial charge in [-0.15, -0.1) is 0 Å². The average Bonchev–Trinajstić information content (AvgIpc) is 2.96. The molecular formula is C23H26BrNO3. The zero-order chi connectivity index (χ0) is 20.0. The molecule has 2 aromatic rings.